The Balaban J connectivity index is 1.66. The fourth-order valence-electron chi connectivity index (χ4n) is 2.75. The summed E-state index contributed by atoms with van der Waals surface area (Å²) in [5, 5.41) is 7.81. The van der Waals surface area contributed by atoms with Gasteiger partial charge >= 0.3 is 0 Å². The van der Waals surface area contributed by atoms with Gasteiger partial charge in [0, 0.05) is 15.7 Å². The van der Waals surface area contributed by atoms with Crippen molar-refractivity contribution < 1.29 is 14.0 Å². The molecule has 2 N–H and O–H groups in total. The van der Waals surface area contributed by atoms with Crippen LogP contribution in [0.15, 0.2) is 64.3 Å². The summed E-state index contributed by atoms with van der Waals surface area (Å²) in [7, 11) is 0. The molecule has 2 aromatic carbocycles. The van der Waals surface area contributed by atoms with E-state index in [2.05, 4.69) is 15.8 Å². The second kappa shape index (κ2) is 9.61. The zero-order valence-corrected chi connectivity index (χ0v) is 17.8. The Morgan fingerprint density at radius 3 is 2.43 bits per heavy atom. The summed E-state index contributed by atoms with van der Waals surface area (Å²) >= 11 is 12.2. The van der Waals surface area contributed by atoms with E-state index in [1.54, 1.807) is 56.3 Å². The highest BCUT2D eigenvalue weighted by Crippen LogP contribution is 2.24. The Bertz CT molecular complexity index is 1100. The lowest BCUT2D eigenvalue weighted by Gasteiger charge is -2.08. The number of furan rings is 1. The van der Waals surface area contributed by atoms with Crippen LogP contribution >= 0.6 is 23.2 Å². The van der Waals surface area contributed by atoms with Crippen LogP contribution in [-0.4, -0.2) is 17.5 Å². The maximum absolute atomic E-state index is 12.3. The van der Waals surface area contributed by atoms with Crippen molar-refractivity contribution in [2.45, 2.75) is 20.3 Å². The van der Waals surface area contributed by atoms with Crippen molar-refractivity contribution in [3.63, 3.8) is 0 Å². The smallest absolute Gasteiger partial charge is 0.259 e. The molecule has 3 rings (SSSR count). The van der Waals surface area contributed by atoms with Gasteiger partial charge in [0.05, 0.1) is 24.0 Å². The third-order valence-electron chi connectivity index (χ3n) is 4.39. The van der Waals surface area contributed by atoms with Crippen LogP contribution in [0.25, 0.3) is 0 Å². The molecule has 0 aliphatic carbocycles. The summed E-state index contributed by atoms with van der Waals surface area (Å²) in [4.78, 5) is 24.6. The molecule has 2 amide bonds. The second-order valence-electron chi connectivity index (χ2n) is 6.53. The van der Waals surface area contributed by atoms with Gasteiger partial charge in [-0.1, -0.05) is 41.4 Å². The van der Waals surface area contributed by atoms with Crippen LogP contribution in [-0.2, 0) is 11.2 Å². The number of amides is 2. The Morgan fingerprint density at radius 1 is 1.07 bits per heavy atom. The van der Waals surface area contributed by atoms with Crippen molar-refractivity contribution >= 4 is 46.4 Å². The predicted octanol–water partition coefficient (Wildman–Crippen LogP) is 5.23. The third-order valence-corrected chi connectivity index (χ3v) is 5.10. The highest BCUT2D eigenvalue weighted by atomic mass is 35.5. The molecule has 3 aromatic rings. The van der Waals surface area contributed by atoms with Crippen LogP contribution in [0.3, 0.4) is 0 Å². The number of anilines is 1. The van der Waals surface area contributed by atoms with Crippen LogP contribution in [0.1, 0.15) is 34.2 Å². The molecule has 0 aliphatic rings. The first-order valence-corrected chi connectivity index (χ1v) is 9.82. The van der Waals surface area contributed by atoms with E-state index in [0.29, 0.717) is 38.3 Å². The number of carbonyl (C=O) groups is 2. The van der Waals surface area contributed by atoms with Gasteiger partial charge in [0.1, 0.15) is 5.76 Å². The molecule has 6 nitrogen and oxygen atoms in total. The zero-order valence-electron chi connectivity index (χ0n) is 16.3. The van der Waals surface area contributed by atoms with Crippen LogP contribution in [0.4, 0.5) is 5.69 Å². The zero-order chi connectivity index (χ0) is 21.7. The van der Waals surface area contributed by atoms with Gasteiger partial charge in [0.25, 0.3) is 5.91 Å². The maximum Gasteiger partial charge on any atom is 0.259 e. The van der Waals surface area contributed by atoms with Crippen molar-refractivity contribution in [3.8, 4) is 0 Å². The van der Waals surface area contributed by atoms with Crippen molar-refractivity contribution in [2.75, 3.05) is 5.32 Å². The molecular formula is C22H19Cl2N3O3. The molecule has 8 heteroatoms. The van der Waals surface area contributed by atoms with Crippen LogP contribution in [0.2, 0.25) is 10.0 Å². The molecule has 0 radical (unpaired) electrons. The summed E-state index contributed by atoms with van der Waals surface area (Å²) < 4.78 is 5.16. The average Bonchev–Trinajstić information content (AvgIpc) is 3.15. The van der Waals surface area contributed by atoms with Gasteiger partial charge in [-0.05, 0) is 55.3 Å². The van der Waals surface area contributed by atoms with E-state index in [0.717, 1.165) is 5.56 Å². The number of nitrogens with one attached hydrogen (secondary N) is 2. The molecule has 1 aromatic heterocycles. The van der Waals surface area contributed by atoms with E-state index >= 15 is 0 Å². The minimum absolute atomic E-state index is 0.00936. The lowest BCUT2D eigenvalue weighted by Crippen LogP contribution is -2.21. The Morgan fingerprint density at radius 2 is 1.77 bits per heavy atom. The number of halogens is 2. The fourth-order valence-corrected chi connectivity index (χ4v) is 3.28. The molecule has 0 unspecified atom stereocenters. The summed E-state index contributed by atoms with van der Waals surface area (Å²) in [5.74, 6) is -0.0649. The number of benzene rings is 2. The molecule has 0 bridgehead atoms. The normalized spacial score (nSPS) is 11.3. The SMILES string of the molecule is C/C(=N/NC(=O)Cc1c(Cl)cccc1Cl)c1cccc(NC(=O)c2ccoc2C)c1. The summed E-state index contributed by atoms with van der Waals surface area (Å²) in [5.41, 5.74) is 5.44. The van der Waals surface area contributed by atoms with E-state index in [1.807, 2.05) is 6.07 Å². The minimum Gasteiger partial charge on any atom is -0.469 e. The number of nitrogens with zero attached hydrogens (tertiary/aromatic N) is 1. The first-order valence-electron chi connectivity index (χ1n) is 9.07. The summed E-state index contributed by atoms with van der Waals surface area (Å²) in [6.07, 6.45) is 1.48. The van der Waals surface area contributed by atoms with Gasteiger partial charge in [-0.2, -0.15) is 5.10 Å². The highest BCUT2D eigenvalue weighted by Gasteiger charge is 2.13. The van der Waals surface area contributed by atoms with Gasteiger partial charge in [0.15, 0.2) is 0 Å². The first kappa shape index (κ1) is 21.6. The number of aryl methyl sites for hydroxylation is 1. The van der Waals surface area contributed by atoms with Gasteiger partial charge in [-0.15, -0.1) is 0 Å². The molecule has 0 atom stereocenters. The number of hydrogen-bond acceptors (Lipinski definition) is 4. The van der Waals surface area contributed by atoms with Gasteiger partial charge in [-0.3, -0.25) is 9.59 Å². The Hall–Kier alpha value is -3.09. The number of rotatable bonds is 6. The van der Waals surface area contributed by atoms with E-state index in [-0.39, 0.29) is 18.2 Å². The second-order valence-corrected chi connectivity index (χ2v) is 7.35. The van der Waals surface area contributed by atoms with Crippen molar-refractivity contribution in [3.05, 3.63) is 87.3 Å². The van der Waals surface area contributed by atoms with E-state index in [9.17, 15) is 9.59 Å². The molecule has 0 saturated heterocycles. The molecule has 1 heterocycles. The largest absolute Gasteiger partial charge is 0.469 e. The average molecular weight is 444 g/mol. The number of hydrazone groups is 1. The van der Waals surface area contributed by atoms with Crippen molar-refractivity contribution in [1.82, 2.24) is 5.43 Å². The van der Waals surface area contributed by atoms with Crippen molar-refractivity contribution in [1.29, 1.82) is 0 Å². The van der Waals surface area contributed by atoms with Crippen LogP contribution < -0.4 is 10.7 Å². The predicted molar refractivity (Wildman–Crippen MR) is 118 cm³/mol. The number of hydrogen-bond donors (Lipinski definition) is 2. The molecule has 30 heavy (non-hydrogen) atoms. The van der Waals surface area contributed by atoms with Gasteiger partial charge < -0.3 is 9.73 Å². The van der Waals surface area contributed by atoms with Gasteiger partial charge in [0.2, 0.25) is 5.91 Å². The molecule has 154 valence electrons. The molecule has 0 fully saturated rings. The topological polar surface area (TPSA) is 83.7 Å². The molecule has 0 saturated carbocycles. The minimum atomic E-state index is -0.343. The lowest BCUT2D eigenvalue weighted by atomic mass is 10.1. The first-order chi connectivity index (χ1) is 14.3. The maximum atomic E-state index is 12.3. The molecular weight excluding hydrogens is 425 g/mol. The quantitative estimate of drug-likeness (QED) is 0.404. The molecule has 0 aliphatic heterocycles. The molecule has 0 spiro atoms. The standard InChI is InChI=1S/C22H19Cl2N3O3/c1-13(26-27-21(28)12-18-19(23)7-4-8-20(18)24)15-5-3-6-16(11-15)25-22(29)17-9-10-30-14(17)2/h3-11H,12H2,1-2H3,(H,25,29)(H,27,28)/b26-13-. The number of carbonyl (C=O) groups excluding carboxylic acids is 2. The van der Waals surface area contributed by atoms with E-state index < -0.39 is 0 Å². The highest BCUT2D eigenvalue weighted by molar-refractivity contribution is 6.36. The van der Waals surface area contributed by atoms with Crippen LogP contribution in [0.5, 0.6) is 0 Å². The monoisotopic (exact) mass is 443 g/mol. The van der Waals surface area contributed by atoms with E-state index in [1.165, 1.54) is 6.26 Å². The van der Waals surface area contributed by atoms with Crippen molar-refractivity contribution in [2.24, 2.45) is 5.10 Å². The van der Waals surface area contributed by atoms with E-state index in [4.69, 9.17) is 27.6 Å². The summed E-state index contributed by atoms with van der Waals surface area (Å²) in [6.45, 7) is 3.48. The summed E-state index contributed by atoms with van der Waals surface area (Å²) in [6, 6.07) is 13.8. The van der Waals surface area contributed by atoms with Crippen LogP contribution in [0, 0.1) is 6.92 Å². The Kier molecular flexibility index (Phi) is 6.92. The lowest BCUT2D eigenvalue weighted by molar-refractivity contribution is -0.120. The third kappa shape index (κ3) is 5.28. The van der Waals surface area contributed by atoms with Gasteiger partial charge in [-0.25, -0.2) is 5.43 Å². The Labute approximate surface area is 183 Å². The fraction of sp³-hybridized carbons (Fsp3) is 0.136.